The summed E-state index contributed by atoms with van der Waals surface area (Å²) in [5, 5.41) is 13.0. The molecule has 0 radical (unpaired) electrons. The number of benzene rings is 1. The Bertz CT molecular complexity index is 2170. The van der Waals surface area contributed by atoms with Crippen molar-refractivity contribution in [2.45, 2.75) is 101 Å². The monoisotopic (exact) mass is 1000 g/mol. The largest absolute Gasteiger partial charge is 0.416 e. The fraction of sp³-hybridized carbons (Fsp3) is 0.653. The van der Waals surface area contributed by atoms with E-state index >= 15 is 0 Å². The topological polar surface area (TPSA) is 217 Å². The fourth-order valence-electron chi connectivity index (χ4n) is 9.24. The minimum atomic E-state index is -4.55. The molecule has 392 valence electrons. The highest BCUT2D eigenvalue weighted by atomic mass is 19.4. The molecule has 2 saturated heterocycles. The van der Waals surface area contributed by atoms with Crippen LogP contribution in [0.2, 0.25) is 0 Å². The summed E-state index contributed by atoms with van der Waals surface area (Å²) < 4.78 is 74.0. The van der Waals surface area contributed by atoms with Crippen LogP contribution in [0.1, 0.15) is 76.5 Å². The average molecular weight is 1000 g/mol. The van der Waals surface area contributed by atoms with Crippen LogP contribution in [0.5, 0.6) is 0 Å². The summed E-state index contributed by atoms with van der Waals surface area (Å²) in [6, 6.07) is 5.40. The molecule has 1 aromatic carbocycles. The minimum Gasteiger partial charge on any atom is -0.379 e. The Kier molecular flexibility index (Phi) is 21.1. The first-order valence-corrected chi connectivity index (χ1v) is 24.4. The van der Waals surface area contributed by atoms with Crippen LogP contribution in [0.15, 0.2) is 49.1 Å². The molecule has 6 rings (SSSR count). The second-order valence-electron chi connectivity index (χ2n) is 18.9. The van der Waals surface area contributed by atoms with E-state index in [0.29, 0.717) is 111 Å². The summed E-state index contributed by atoms with van der Waals surface area (Å²) in [6.07, 6.45) is 2.83. The highest BCUT2D eigenvalue weighted by Crippen LogP contribution is 2.37. The van der Waals surface area contributed by atoms with Gasteiger partial charge < -0.3 is 59.5 Å². The van der Waals surface area contributed by atoms with Gasteiger partial charge in [0.1, 0.15) is 18.2 Å². The number of fused-ring (bicyclic) bond motifs is 1. The van der Waals surface area contributed by atoms with Crippen LogP contribution in [-0.2, 0) is 53.8 Å². The van der Waals surface area contributed by atoms with Crippen molar-refractivity contribution in [3.05, 3.63) is 60.2 Å². The van der Waals surface area contributed by atoms with Crippen molar-refractivity contribution in [3.63, 3.8) is 0 Å². The van der Waals surface area contributed by atoms with Gasteiger partial charge in [0.15, 0.2) is 0 Å². The highest BCUT2D eigenvalue weighted by Gasteiger charge is 2.44. The van der Waals surface area contributed by atoms with Gasteiger partial charge in [-0.2, -0.15) is 13.2 Å². The number of aromatic nitrogens is 3. The molecular formula is C49H70F3N9O10. The molecule has 4 heterocycles. The summed E-state index contributed by atoms with van der Waals surface area (Å²) in [6.45, 7) is 11.2. The second kappa shape index (κ2) is 27.1. The fourth-order valence-corrected chi connectivity index (χ4v) is 9.24. The molecule has 0 spiro atoms. The third kappa shape index (κ3) is 17.0. The van der Waals surface area contributed by atoms with E-state index in [0.717, 1.165) is 24.1 Å². The molecule has 0 bridgehead atoms. The number of rotatable bonds is 28. The van der Waals surface area contributed by atoms with E-state index in [4.69, 9.17) is 28.4 Å². The lowest BCUT2D eigenvalue weighted by Gasteiger charge is -2.43. The highest BCUT2D eigenvalue weighted by molar-refractivity contribution is 5.93. The van der Waals surface area contributed by atoms with Crippen molar-refractivity contribution in [2.75, 3.05) is 105 Å². The predicted molar refractivity (Wildman–Crippen MR) is 255 cm³/mol. The Morgan fingerprint density at radius 3 is 2.08 bits per heavy atom. The number of alkyl halides is 3. The predicted octanol–water partition coefficient (Wildman–Crippen LogP) is 3.68. The number of nitrogens with zero attached hydrogens (tertiary/aromatic N) is 5. The number of hydrogen-bond acceptors (Lipinski definition) is 15. The maximum absolute atomic E-state index is 13.9. The molecule has 1 aliphatic carbocycles. The van der Waals surface area contributed by atoms with E-state index in [1.54, 1.807) is 35.3 Å². The van der Waals surface area contributed by atoms with Gasteiger partial charge >= 0.3 is 6.18 Å². The summed E-state index contributed by atoms with van der Waals surface area (Å²) >= 11 is 0. The SMILES string of the molecule is CN1C(=O)C[C@H](C(=O)NCCOCCOCCOCCOCCOCCOCCC(=O)N[C@@H]2C[C@H](NC(C)(C)C)CC[C@@H]2N2CC[C@H](Nc3ncnc4ccc(C(F)(F)F)cc34)C2=O)[C@H]1c1cccnc1. The van der Waals surface area contributed by atoms with E-state index in [1.165, 1.54) is 12.4 Å². The lowest BCUT2D eigenvalue weighted by molar-refractivity contribution is -0.137. The van der Waals surface area contributed by atoms with Crippen LogP contribution in [0.3, 0.4) is 0 Å². The Hall–Kier alpha value is -5.10. The van der Waals surface area contributed by atoms with Gasteiger partial charge in [-0.1, -0.05) is 6.07 Å². The standard InChI is InChI=1S/C49H70F3N9O10/c1-48(2,3)59-35-8-10-41(61-15-11-39(47(61)65)58-45-36-28-34(49(50,51)52)7-9-38(36)55-32-56-45)40(29-35)57-42(62)12-16-66-18-20-68-22-24-70-26-27-71-25-23-69-21-19-67-17-14-54-46(64)37-30-43(63)60(4)44(37)33-6-5-13-53-31-33/h5-7,9,13,28,31-32,35,37,39-41,44,59H,8,10-12,14-27,29-30H2,1-4H3,(H,54,64)(H,57,62)(H,55,56,58)/t35-,37+,39+,40-,41+,44-/m1/s1. The Morgan fingerprint density at radius 2 is 1.46 bits per heavy atom. The van der Waals surface area contributed by atoms with Crippen LogP contribution in [0.25, 0.3) is 10.9 Å². The van der Waals surface area contributed by atoms with Crippen LogP contribution >= 0.6 is 0 Å². The van der Waals surface area contributed by atoms with Gasteiger partial charge in [-0.3, -0.25) is 24.2 Å². The van der Waals surface area contributed by atoms with Crippen LogP contribution in [0.4, 0.5) is 19.0 Å². The van der Waals surface area contributed by atoms with Gasteiger partial charge in [0.25, 0.3) is 0 Å². The lowest BCUT2D eigenvalue weighted by atomic mass is 9.84. The minimum absolute atomic E-state index is 0.0768. The van der Waals surface area contributed by atoms with Gasteiger partial charge in [0.05, 0.1) is 114 Å². The maximum Gasteiger partial charge on any atom is 0.416 e. The zero-order valence-corrected chi connectivity index (χ0v) is 41.2. The normalized spacial score (nSPS) is 21.8. The van der Waals surface area contributed by atoms with Crippen molar-refractivity contribution in [3.8, 4) is 0 Å². The Labute approximate surface area is 412 Å². The summed E-state index contributed by atoms with van der Waals surface area (Å²) in [5.74, 6) is -0.981. The zero-order chi connectivity index (χ0) is 50.8. The van der Waals surface area contributed by atoms with Gasteiger partial charge in [-0.15, -0.1) is 0 Å². The number of hydrogen-bond donors (Lipinski definition) is 4. The molecule has 2 aliphatic heterocycles. The first-order chi connectivity index (χ1) is 34.1. The number of ether oxygens (including phenoxy) is 6. The molecule has 4 N–H and O–H groups in total. The van der Waals surface area contributed by atoms with Crippen molar-refractivity contribution < 1.29 is 60.8 Å². The first kappa shape index (κ1) is 55.2. The number of pyridine rings is 1. The molecule has 4 amide bonds. The molecule has 6 atom stereocenters. The maximum atomic E-state index is 13.9. The van der Waals surface area contributed by atoms with Gasteiger partial charge in [0, 0.05) is 62.3 Å². The number of nitrogens with one attached hydrogen (secondary N) is 4. The van der Waals surface area contributed by atoms with Crippen LogP contribution in [0, 0.1) is 5.92 Å². The second-order valence-corrected chi connectivity index (χ2v) is 18.9. The summed E-state index contributed by atoms with van der Waals surface area (Å²) in [7, 11) is 1.70. The Morgan fingerprint density at radius 1 is 0.817 bits per heavy atom. The molecular weight excluding hydrogens is 932 g/mol. The quantitative estimate of drug-likeness (QED) is 0.0764. The summed E-state index contributed by atoms with van der Waals surface area (Å²) in [5.41, 5.74) is 0.176. The van der Waals surface area contributed by atoms with Crippen LogP contribution < -0.4 is 21.3 Å². The van der Waals surface area contributed by atoms with Gasteiger partial charge in [-0.05, 0) is 76.3 Å². The molecule has 3 aliphatic rings. The smallest absolute Gasteiger partial charge is 0.379 e. The van der Waals surface area contributed by atoms with Crippen molar-refractivity contribution in [2.24, 2.45) is 5.92 Å². The molecule has 19 nitrogen and oxygen atoms in total. The number of anilines is 1. The molecule has 0 unspecified atom stereocenters. The third-order valence-corrected chi connectivity index (χ3v) is 12.5. The molecule has 71 heavy (non-hydrogen) atoms. The molecule has 3 fully saturated rings. The van der Waals surface area contributed by atoms with E-state index < -0.39 is 23.7 Å². The van der Waals surface area contributed by atoms with E-state index in [1.807, 2.05) is 6.07 Å². The van der Waals surface area contributed by atoms with Gasteiger partial charge in [-0.25, -0.2) is 9.97 Å². The van der Waals surface area contributed by atoms with Crippen molar-refractivity contribution >= 4 is 40.3 Å². The Balaban J connectivity index is 0.773. The molecule has 22 heteroatoms. The average Bonchev–Trinajstić information content (AvgIpc) is 3.84. The number of amides is 4. The number of likely N-dealkylation sites (tertiary alicyclic amines) is 2. The van der Waals surface area contributed by atoms with E-state index in [-0.39, 0.29) is 84.0 Å². The lowest BCUT2D eigenvalue weighted by Crippen LogP contribution is -2.59. The van der Waals surface area contributed by atoms with Crippen molar-refractivity contribution in [1.29, 1.82) is 0 Å². The zero-order valence-electron chi connectivity index (χ0n) is 41.2. The molecule has 2 aromatic heterocycles. The third-order valence-electron chi connectivity index (χ3n) is 12.5. The molecule has 1 saturated carbocycles. The number of halogens is 3. The first-order valence-electron chi connectivity index (χ1n) is 24.4. The van der Waals surface area contributed by atoms with Crippen LogP contribution in [-0.4, -0.2) is 178 Å². The number of carbonyl (C=O) groups excluding carboxylic acids is 4. The number of carbonyl (C=O) groups is 4. The summed E-state index contributed by atoms with van der Waals surface area (Å²) in [4.78, 5) is 68.1. The van der Waals surface area contributed by atoms with Gasteiger partial charge in [0.2, 0.25) is 23.6 Å². The molecule has 3 aromatic rings. The van der Waals surface area contributed by atoms with Crippen molar-refractivity contribution in [1.82, 2.24) is 40.7 Å². The van der Waals surface area contributed by atoms with E-state index in [2.05, 4.69) is 57.0 Å². The van der Waals surface area contributed by atoms with E-state index in [9.17, 15) is 32.3 Å².